The molecule has 5 rings (SSSR count). The number of nitrogens with zero attached hydrogens (tertiary/aromatic N) is 6. The topological polar surface area (TPSA) is 105 Å². The fourth-order valence-corrected chi connectivity index (χ4v) is 5.83. The molecule has 0 bridgehead atoms. The van der Waals surface area contributed by atoms with Gasteiger partial charge in [-0.2, -0.15) is 18.6 Å². The summed E-state index contributed by atoms with van der Waals surface area (Å²) in [6.45, 7) is 2.35. The predicted octanol–water partition coefficient (Wildman–Crippen LogP) is 3.45. The molecule has 2 heterocycles. The number of halogens is 1. The summed E-state index contributed by atoms with van der Waals surface area (Å²) in [4.78, 5) is 8.07. The van der Waals surface area contributed by atoms with Crippen molar-refractivity contribution in [2.45, 2.75) is 43.0 Å². The first-order valence-electron chi connectivity index (χ1n) is 11.3. The summed E-state index contributed by atoms with van der Waals surface area (Å²) < 4.78 is 49.5. The van der Waals surface area contributed by atoms with Gasteiger partial charge in [-0.15, -0.1) is 0 Å². The van der Waals surface area contributed by atoms with E-state index in [4.69, 9.17) is 4.18 Å². The Bertz CT molecular complexity index is 1390. The van der Waals surface area contributed by atoms with Crippen molar-refractivity contribution < 1.29 is 17.0 Å². The molecule has 0 N–H and O–H groups in total. The van der Waals surface area contributed by atoms with Crippen molar-refractivity contribution >= 4 is 10.1 Å². The number of hydrogen-bond acceptors (Lipinski definition) is 7. The molecule has 0 radical (unpaired) electrons. The summed E-state index contributed by atoms with van der Waals surface area (Å²) in [7, 11) is -3.87. The zero-order valence-electron chi connectivity index (χ0n) is 19.2. The molecule has 0 aliphatic heterocycles. The first-order chi connectivity index (χ1) is 16.8. The number of rotatable bonds is 8. The van der Waals surface area contributed by atoms with Crippen LogP contribution in [-0.2, 0) is 26.3 Å². The molecular weight excluding hydrogens is 471 g/mol. The monoisotopic (exact) mass is 496 g/mol. The van der Waals surface area contributed by atoms with Gasteiger partial charge in [0, 0.05) is 5.41 Å². The Morgan fingerprint density at radius 2 is 1.86 bits per heavy atom. The van der Waals surface area contributed by atoms with Crippen LogP contribution in [0.25, 0.3) is 5.69 Å². The third-order valence-electron chi connectivity index (χ3n) is 6.62. The maximum absolute atomic E-state index is 15.5. The second-order valence-electron chi connectivity index (χ2n) is 9.04. The Kier molecular flexibility index (Phi) is 6.20. The van der Waals surface area contributed by atoms with Crippen LogP contribution >= 0.6 is 0 Å². The highest BCUT2D eigenvalue weighted by Gasteiger charge is 2.43. The van der Waals surface area contributed by atoms with Gasteiger partial charge in [0.15, 0.2) is 0 Å². The van der Waals surface area contributed by atoms with Crippen molar-refractivity contribution in [1.82, 2.24) is 29.5 Å². The number of hydrogen-bond donors (Lipinski definition) is 0. The molecule has 0 spiro atoms. The minimum absolute atomic E-state index is 0.0357. The first kappa shape index (κ1) is 23.3. The van der Waals surface area contributed by atoms with E-state index in [0.29, 0.717) is 37.1 Å². The van der Waals surface area contributed by atoms with Crippen molar-refractivity contribution in [3.63, 3.8) is 0 Å². The molecule has 2 aromatic heterocycles. The summed E-state index contributed by atoms with van der Waals surface area (Å²) in [6, 6.07) is 11.6. The lowest BCUT2D eigenvalue weighted by Gasteiger charge is -2.30. The van der Waals surface area contributed by atoms with Crippen LogP contribution in [0.2, 0.25) is 0 Å². The van der Waals surface area contributed by atoms with Crippen molar-refractivity contribution in [3.8, 4) is 5.69 Å². The molecule has 35 heavy (non-hydrogen) atoms. The number of benzene rings is 2. The van der Waals surface area contributed by atoms with Crippen molar-refractivity contribution in [2.24, 2.45) is 5.92 Å². The van der Waals surface area contributed by atoms with Gasteiger partial charge < -0.3 is 0 Å². The SMILES string of the molecule is Cc1ccc(S(=O)(=O)OC[C@@H]2CC[C@@](Cn3cncn3)(c3ccc(-n4cncn4)cc3F)C2)cc1. The highest BCUT2D eigenvalue weighted by atomic mass is 32.2. The second-order valence-corrected chi connectivity index (χ2v) is 10.7. The first-order valence-corrected chi connectivity index (χ1v) is 12.7. The predicted molar refractivity (Wildman–Crippen MR) is 125 cm³/mol. The van der Waals surface area contributed by atoms with E-state index in [-0.39, 0.29) is 23.2 Å². The largest absolute Gasteiger partial charge is 0.296 e. The molecule has 2 atom stereocenters. The Morgan fingerprint density at radius 1 is 1.09 bits per heavy atom. The van der Waals surface area contributed by atoms with Crippen LogP contribution in [0.15, 0.2) is 72.7 Å². The van der Waals surface area contributed by atoms with Gasteiger partial charge in [-0.05, 0) is 61.9 Å². The molecule has 1 aliphatic rings. The van der Waals surface area contributed by atoms with Gasteiger partial charge in [-0.1, -0.05) is 23.8 Å². The zero-order chi connectivity index (χ0) is 24.5. The van der Waals surface area contributed by atoms with E-state index in [1.165, 1.54) is 29.7 Å². The van der Waals surface area contributed by atoms with E-state index in [9.17, 15) is 8.42 Å². The van der Waals surface area contributed by atoms with Crippen LogP contribution in [0.1, 0.15) is 30.4 Å². The Labute approximate surface area is 202 Å². The maximum Gasteiger partial charge on any atom is 0.296 e. The summed E-state index contributed by atoms with van der Waals surface area (Å²) in [5.74, 6) is -0.417. The van der Waals surface area contributed by atoms with Crippen molar-refractivity contribution in [3.05, 3.63) is 84.7 Å². The van der Waals surface area contributed by atoms with Crippen molar-refractivity contribution in [2.75, 3.05) is 6.61 Å². The molecular formula is C24H25FN6O3S. The summed E-state index contributed by atoms with van der Waals surface area (Å²) >= 11 is 0. The molecule has 4 aromatic rings. The van der Waals surface area contributed by atoms with Crippen LogP contribution in [0, 0.1) is 18.7 Å². The fourth-order valence-electron chi connectivity index (χ4n) is 4.85. The summed E-state index contributed by atoms with van der Waals surface area (Å²) in [5, 5.41) is 8.29. The van der Waals surface area contributed by atoms with Crippen molar-refractivity contribution in [1.29, 1.82) is 0 Å². The van der Waals surface area contributed by atoms with Gasteiger partial charge in [0.1, 0.15) is 31.1 Å². The lowest BCUT2D eigenvalue weighted by molar-refractivity contribution is 0.241. The average molecular weight is 497 g/mol. The minimum atomic E-state index is -3.87. The Morgan fingerprint density at radius 3 is 2.54 bits per heavy atom. The molecule has 1 aliphatic carbocycles. The van der Waals surface area contributed by atoms with Crippen LogP contribution in [0.4, 0.5) is 4.39 Å². The Balaban J connectivity index is 1.38. The summed E-state index contributed by atoms with van der Waals surface area (Å²) in [5.41, 5.74) is 1.51. The quantitative estimate of drug-likeness (QED) is 0.344. The third kappa shape index (κ3) is 4.87. The average Bonchev–Trinajstić information content (AvgIpc) is 3.61. The lowest BCUT2D eigenvalue weighted by atomic mass is 9.77. The molecule has 2 aromatic carbocycles. The molecule has 182 valence electrons. The normalized spacial score (nSPS) is 20.3. The molecule has 9 nitrogen and oxygen atoms in total. The maximum atomic E-state index is 15.5. The molecule has 0 amide bonds. The van der Waals surface area contributed by atoms with E-state index < -0.39 is 15.5 Å². The molecule has 0 unspecified atom stereocenters. The van der Waals surface area contributed by atoms with Gasteiger partial charge in [-0.25, -0.2) is 19.0 Å². The smallest absolute Gasteiger partial charge is 0.266 e. The van der Waals surface area contributed by atoms with Crippen LogP contribution in [0.5, 0.6) is 0 Å². The lowest BCUT2D eigenvalue weighted by Crippen LogP contribution is -2.31. The minimum Gasteiger partial charge on any atom is -0.266 e. The van der Waals surface area contributed by atoms with E-state index in [0.717, 1.165) is 5.56 Å². The van der Waals surface area contributed by atoms with E-state index >= 15 is 4.39 Å². The highest BCUT2D eigenvalue weighted by Crippen LogP contribution is 2.46. The van der Waals surface area contributed by atoms with E-state index in [1.807, 2.05) is 13.0 Å². The highest BCUT2D eigenvalue weighted by molar-refractivity contribution is 7.86. The van der Waals surface area contributed by atoms with E-state index in [2.05, 4.69) is 20.2 Å². The Hall–Kier alpha value is -3.44. The van der Waals surface area contributed by atoms with E-state index in [1.54, 1.807) is 41.3 Å². The standard InChI is InChI=1S/C24H25FN6O3S/c1-18-2-5-21(6-3-18)35(32,33)34-12-19-8-9-24(11-19,13-30-16-26-14-28-30)22-7-4-20(10-23(22)25)31-17-27-15-29-31/h2-7,10,14-17,19H,8-9,11-13H2,1H3/t19-,24-/m1/s1. The number of aryl methyl sites for hydroxylation is 1. The third-order valence-corrected chi connectivity index (χ3v) is 7.91. The van der Waals surface area contributed by atoms with Crippen LogP contribution < -0.4 is 0 Å². The molecule has 11 heteroatoms. The second kappa shape index (κ2) is 9.31. The van der Waals surface area contributed by atoms with Crippen LogP contribution in [0.3, 0.4) is 0 Å². The van der Waals surface area contributed by atoms with Gasteiger partial charge in [0.05, 0.1) is 23.7 Å². The number of aromatic nitrogens is 6. The molecule has 1 fully saturated rings. The molecule has 1 saturated carbocycles. The van der Waals surface area contributed by atoms with Gasteiger partial charge in [0.2, 0.25) is 0 Å². The fraction of sp³-hybridized carbons (Fsp3) is 0.333. The van der Waals surface area contributed by atoms with Crippen LogP contribution in [-0.4, -0.2) is 44.6 Å². The van der Waals surface area contributed by atoms with Gasteiger partial charge in [-0.3, -0.25) is 8.86 Å². The van der Waals surface area contributed by atoms with Gasteiger partial charge >= 0.3 is 0 Å². The molecule has 0 saturated heterocycles. The zero-order valence-corrected chi connectivity index (χ0v) is 20.0. The van der Waals surface area contributed by atoms with Gasteiger partial charge in [0.25, 0.3) is 10.1 Å². The summed E-state index contributed by atoms with van der Waals surface area (Å²) in [6.07, 6.45) is 7.86.